The minimum atomic E-state index is -0.940. The average Bonchev–Trinajstić information content (AvgIpc) is 2.96. The maximum atomic E-state index is 10.7. The van der Waals surface area contributed by atoms with Crippen LogP contribution in [0.15, 0.2) is 16.7 Å². The lowest BCUT2D eigenvalue weighted by atomic mass is 10.3. The van der Waals surface area contributed by atoms with E-state index in [4.69, 9.17) is 9.52 Å². The molecule has 0 radical (unpaired) electrons. The zero-order valence-electron chi connectivity index (χ0n) is 10.8. The highest BCUT2D eigenvalue weighted by Crippen LogP contribution is 2.11. The Bertz CT molecular complexity index is 397. The minimum Gasteiger partial charge on any atom is -0.478 e. The molecular formula is C13H20N2O3. The van der Waals surface area contributed by atoms with Crippen LogP contribution < -0.4 is 0 Å². The number of likely N-dealkylation sites (N-methyl/N-ethyl adjacent to an activating group) is 1. The van der Waals surface area contributed by atoms with E-state index in [1.807, 2.05) is 7.05 Å². The van der Waals surface area contributed by atoms with Gasteiger partial charge in [0.15, 0.2) is 0 Å². The van der Waals surface area contributed by atoms with Crippen LogP contribution >= 0.6 is 0 Å². The van der Waals surface area contributed by atoms with E-state index in [1.54, 1.807) is 6.07 Å². The largest absolute Gasteiger partial charge is 0.478 e. The molecule has 18 heavy (non-hydrogen) atoms. The number of rotatable bonds is 6. The third kappa shape index (κ3) is 3.58. The maximum absolute atomic E-state index is 10.7. The lowest BCUT2D eigenvalue weighted by Crippen LogP contribution is -2.31. The van der Waals surface area contributed by atoms with Crippen molar-refractivity contribution in [1.82, 2.24) is 9.80 Å². The fraction of sp³-hybridized carbons (Fsp3) is 0.615. The second-order valence-electron chi connectivity index (χ2n) is 4.89. The number of aromatic carboxylic acids is 1. The molecule has 1 aromatic heterocycles. The van der Waals surface area contributed by atoms with E-state index in [1.165, 1.54) is 32.2 Å². The number of hydrogen-bond acceptors (Lipinski definition) is 4. The van der Waals surface area contributed by atoms with Crippen molar-refractivity contribution in [2.45, 2.75) is 19.4 Å². The summed E-state index contributed by atoms with van der Waals surface area (Å²) in [7, 11) is 2.03. The molecule has 0 amide bonds. The minimum absolute atomic E-state index is 0.220. The van der Waals surface area contributed by atoms with Crippen LogP contribution in [0.2, 0.25) is 0 Å². The molecule has 2 rings (SSSR count). The molecule has 1 aliphatic rings. The van der Waals surface area contributed by atoms with Crippen LogP contribution in [0.1, 0.15) is 29.0 Å². The van der Waals surface area contributed by atoms with Crippen molar-refractivity contribution in [3.8, 4) is 0 Å². The Labute approximate surface area is 107 Å². The Morgan fingerprint density at radius 1 is 1.50 bits per heavy atom. The fourth-order valence-corrected chi connectivity index (χ4v) is 2.24. The molecule has 0 atom stereocenters. The zero-order chi connectivity index (χ0) is 13.0. The second-order valence-corrected chi connectivity index (χ2v) is 4.89. The number of furan rings is 1. The van der Waals surface area contributed by atoms with Gasteiger partial charge in [-0.3, -0.25) is 4.90 Å². The van der Waals surface area contributed by atoms with E-state index in [-0.39, 0.29) is 5.56 Å². The van der Waals surface area contributed by atoms with Gasteiger partial charge in [0.1, 0.15) is 12.0 Å². The molecule has 5 heteroatoms. The van der Waals surface area contributed by atoms with Gasteiger partial charge in [0, 0.05) is 13.1 Å². The van der Waals surface area contributed by atoms with E-state index >= 15 is 0 Å². The molecule has 0 unspecified atom stereocenters. The lowest BCUT2D eigenvalue weighted by Gasteiger charge is -2.20. The first-order chi connectivity index (χ1) is 8.65. The predicted octanol–water partition coefficient (Wildman–Crippen LogP) is 1.51. The quantitative estimate of drug-likeness (QED) is 0.831. The van der Waals surface area contributed by atoms with Crippen LogP contribution in [0.4, 0.5) is 0 Å². The first kappa shape index (κ1) is 13.1. The number of carboxylic acid groups (broad SMARTS) is 1. The van der Waals surface area contributed by atoms with Crippen LogP contribution in [0, 0.1) is 0 Å². The van der Waals surface area contributed by atoms with Gasteiger partial charge in [0.05, 0.1) is 12.1 Å². The number of hydrogen-bond donors (Lipinski definition) is 1. The summed E-state index contributed by atoms with van der Waals surface area (Å²) in [6.45, 7) is 5.11. The van der Waals surface area contributed by atoms with Gasteiger partial charge in [-0.2, -0.15) is 0 Å². The van der Waals surface area contributed by atoms with Crippen molar-refractivity contribution < 1.29 is 14.3 Å². The summed E-state index contributed by atoms with van der Waals surface area (Å²) >= 11 is 0. The van der Waals surface area contributed by atoms with Gasteiger partial charge in [-0.1, -0.05) is 0 Å². The number of carbonyl (C=O) groups is 1. The van der Waals surface area contributed by atoms with Crippen molar-refractivity contribution in [3.63, 3.8) is 0 Å². The molecule has 1 aromatic rings. The predicted molar refractivity (Wildman–Crippen MR) is 67.7 cm³/mol. The smallest absolute Gasteiger partial charge is 0.338 e. The number of likely N-dealkylation sites (tertiary alicyclic amines) is 1. The molecule has 0 spiro atoms. The molecule has 0 bridgehead atoms. The highest BCUT2D eigenvalue weighted by Gasteiger charge is 2.13. The number of carboxylic acids is 1. The Hall–Kier alpha value is -1.33. The molecular weight excluding hydrogens is 232 g/mol. The number of nitrogens with zero attached hydrogens (tertiary/aromatic N) is 2. The van der Waals surface area contributed by atoms with Crippen molar-refractivity contribution in [2.24, 2.45) is 0 Å². The Balaban J connectivity index is 1.75. The molecule has 100 valence electrons. The van der Waals surface area contributed by atoms with Gasteiger partial charge in [-0.25, -0.2) is 4.79 Å². The molecule has 5 nitrogen and oxygen atoms in total. The monoisotopic (exact) mass is 252 g/mol. The third-order valence-electron chi connectivity index (χ3n) is 3.32. The Kier molecular flexibility index (Phi) is 4.38. The second kappa shape index (κ2) is 6.02. The van der Waals surface area contributed by atoms with E-state index in [0.717, 1.165) is 13.1 Å². The maximum Gasteiger partial charge on any atom is 0.338 e. The highest BCUT2D eigenvalue weighted by atomic mass is 16.4. The molecule has 1 fully saturated rings. The van der Waals surface area contributed by atoms with Crippen molar-refractivity contribution in [1.29, 1.82) is 0 Å². The van der Waals surface area contributed by atoms with Crippen molar-refractivity contribution in [2.75, 3.05) is 33.2 Å². The third-order valence-corrected chi connectivity index (χ3v) is 3.32. The van der Waals surface area contributed by atoms with E-state index < -0.39 is 5.97 Å². The van der Waals surface area contributed by atoms with Gasteiger partial charge >= 0.3 is 5.97 Å². The van der Waals surface area contributed by atoms with Crippen LogP contribution in [0.3, 0.4) is 0 Å². The van der Waals surface area contributed by atoms with Crippen molar-refractivity contribution in [3.05, 3.63) is 23.7 Å². The average molecular weight is 252 g/mol. The first-order valence-electron chi connectivity index (χ1n) is 6.37. The summed E-state index contributed by atoms with van der Waals surface area (Å²) in [4.78, 5) is 15.3. The molecule has 1 aliphatic heterocycles. The van der Waals surface area contributed by atoms with Gasteiger partial charge in [0.2, 0.25) is 0 Å². The van der Waals surface area contributed by atoms with Crippen LogP contribution in [0.5, 0.6) is 0 Å². The van der Waals surface area contributed by atoms with Crippen LogP contribution in [-0.2, 0) is 6.54 Å². The normalized spacial score (nSPS) is 16.6. The Morgan fingerprint density at radius 3 is 2.83 bits per heavy atom. The summed E-state index contributed by atoms with van der Waals surface area (Å²) in [6, 6.07) is 1.59. The van der Waals surface area contributed by atoms with Gasteiger partial charge in [0.25, 0.3) is 0 Å². The summed E-state index contributed by atoms with van der Waals surface area (Å²) in [5.41, 5.74) is 0.220. The summed E-state index contributed by atoms with van der Waals surface area (Å²) < 4.78 is 5.23. The van der Waals surface area contributed by atoms with E-state index in [0.29, 0.717) is 12.3 Å². The van der Waals surface area contributed by atoms with Crippen LogP contribution in [0.25, 0.3) is 0 Å². The molecule has 1 N–H and O–H groups in total. The highest BCUT2D eigenvalue weighted by molar-refractivity contribution is 5.87. The fourth-order valence-electron chi connectivity index (χ4n) is 2.24. The van der Waals surface area contributed by atoms with Crippen molar-refractivity contribution >= 4 is 5.97 Å². The molecule has 1 saturated heterocycles. The SMILES string of the molecule is CN(CCN1CCCC1)Cc1cc(C(=O)O)co1. The standard InChI is InChI=1S/C13H20N2O3/c1-14(6-7-15-4-2-3-5-15)9-12-8-11(10-18-12)13(16)17/h8,10H,2-7,9H2,1H3,(H,16,17). The molecule has 0 aliphatic carbocycles. The molecule has 0 aromatic carbocycles. The molecule has 0 saturated carbocycles. The first-order valence-corrected chi connectivity index (χ1v) is 6.37. The zero-order valence-corrected chi connectivity index (χ0v) is 10.8. The summed E-state index contributed by atoms with van der Waals surface area (Å²) in [6.07, 6.45) is 3.92. The Morgan fingerprint density at radius 2 is 2.22 bits per heavy atom. The van der Waals surface area contributed by atoms with E-state index in [9.17, 15) is 4.79 Å². The van der Waals surface area contributed by atoms with E-state index in [2.05, 4.69) is 9.80 Å². The molecule has 2 heterocycles. The lowest BCUT2D eigenvalue weighted by molar-refractivity contribution is 0.0696. The summed E-state index contributed by atoms with van der Waals surface area (Å²) in [5, 5.41) is 8.80. The van der Waals surface area contributed by atoms with Crippen LogP contribution in [-0.4, -0.2) is 54.1 Å². The topological polar surface area (TPSA) is 56.9 Å². The summed E-state index contributed by atoms with van der Waals surface area (Å²) in [5.74, 6) is -0.235. The van der Waals surface area contributed by atoms with Gasteiger partial charge < -0.3 is 14.4 Å². The van der Waals surface area contributed by atoms with Gasteiger partial charge in [-0.15, -0.1) is 0 Å². The van der Waals surface area contributed by atoms with Gasteiger partial charge in [-0.05, 0) is 39.0 Å².